The van der Waals surface area contributed by atoms with Gasteiger partial charge in [0.2, 0.25) is 0 Å². The summed E-state index contributed by atoms with van der Waals surface area (Å²) in [6.07, 6.45) is 4.64. The van der Waals surface area contributed by atoms with Gasteiger partial charge in [0.05, 0.1) is 5.52 Å². The molecule has 0 aliphatic carbocycles. The highest BCUT2D eigenvalue weighted by atomic mass is 19.2. The van der Waals surface area contributed by atoms with Crippen LogP contribution in [0.3, 0.4) is 0 Å². The number of hydrogen-bond acceptors (Lipinski definition) is 2. The molecule has 0 saturated heterocycles. The summed E-state index contributed by atoms with van der Waals surface area (Å²) in [6.45, 7) is 0. The van der Waals surface area contributed by atoms with E-state index in [4.69, 9.17) is 0 Å². The number of carbonyl (C=O) groups excluding carboxylic acids is 1. The summed E-state index contributed by atoms with van der Waals surface area (Å²) in [5, 5.41) is 0.916. The summed E-state index contributed by atoms with van der Waals surface area (Å²) in [5.74, 6) is -2.39. The monoisotopic (exact) mass is 295 g/mol. The second-order valence-corrected chi connectivity index (χ2v) is 4.74. The lowest BCUT2D eigenvalue weighted by Gasteiger charge is -2.01. The molecule has 22 heavy (non-hydrogen) atoms. The van der Waals surface area contributed by atoms with Crippen LogP contribution in [0, 0.1) is 11.6 Å². The van der Waals surface area contributed by atoms with Crippen molar-refractivity contribution in [2.45, 2.75) is 0 Å². The topological polar surface area (TPSA) is 30.0 Å². The number of allylic oxidation sites excluding steroid dienone is 1. The van der Waals surface area contributed by atoms with Crippen molar-refractivity contribution in [1.82, 2.24) is 4.98 Å². The van der Waals surface area contributed by atoms with Gasteiger partial charge in [0.25, 0.3) is 0 Å². The van der Waals surface area contributed by atoms with Gasteiger partial charge in [-0.3, -0.25) is 9.78 Å². The molecule has 0 saturated carbocycles. The number of hydrogen-bond donors (Lipinski definition) is 0. The smallest absolute Gasteiger partial charge is 0.185 e. The minimum atomic E-state index is -1.03. The van der Waals surface area contributed by atoms with Crippen molar-refractivity contribution in [3.63, 3.8) is 0 Å². The minimum absolute atomic E-state index is 0.105. The van der Waals surface area contributed by atoms with Gasteiger partial charge in [0.1, 0.15) is 0 Å². The van der Waals surface area contributed by atoms with E-state index in [0.717, 1.165) is 28.6 Å². The van der Waals surface area contributed by atoms with Crippen LogP contribution in [0.5, 0.6) is 0 Å². The second-order valence-electron chi connectivity index (χ2n) is 4.74. The molecule has 0 spiro atoms. The molecule has 0 unspecified atom stereocenters. The molecule has 0 bridgehead atoms. The van der Waals surface area contributed by atoms with E-state index in [1.807, 2.05) is 24.3 Å². The Morgan fingerprint density at radius 1 is 1.00 bits per heavy atom. The zero-order valence-corrected chi connectivity index (χ0v) is 11.5. The van der Waals surface area contributed by atoms with Crippen molar-refractivity contribution < 1.29 is 13.6 Å². The number of nitrogens with zero attached hydrogens (tertiary/aromatic N) is 1. The maximum Gasteiger partial charge on any atom is 0.185 e. The summed E-state index contributed by atoms with van der Waals surface area (Å²) in [4.78, 5) is 16.3. The van der Waals surface area contributed by atoms with Crippen LogP contribution in [0.15, 0.2) is 60.8 Å². The van der Waals surface area contributed by atoms with Gasteiger partial charge in [0.15, 0.2) is 17.4 Å². The van der Waals surface area contributed by atoms with Crippen LogP contribution in [-0.2, 0) is 0 Å². The Morgan fingerprint density at radius 3 is 2.64 bits per heavy atom. The fourth-order valence-corrected chi connectivity index (χ4v) is 2.17. The summed E-state index contributed by atoms with van der Waals surface area (Å²) < 4.78 is 26.0. The number of para-hydroxylation sites is 1. The molecule has 0 fully saturated rings. The van der Waals surface area contributed by atoms with Crippen LogP contribution in [0.25, 0.3) is 17.0 Å². The van der Waals surface area contributed by atoms with E-state index in [1.54, 1.807) is 18.3 Å². The highest BCUT2D eigenvalue weighted by Gasteiger charge is 2.07. The number of halogens is 2. The van der Waals surface area contributed by atoms with Crippen LogP contribution >= 0.6 is 0 Å². The Labute approximate surface area is 125 Å². The third-order valence-electron chi connectivity index (χ3n) is 3.30. The van der Waals surface area contributed by atoms with E-state index in [1.165, 1.54) is 12.1 Å². The molecule has 108 valence electrons. The molecule has 0 aliphatic heterocycles. The van der Waals surface area contributed by atoms with Crippen LogP contribution in [0.4, 0.5) is 8.78 Å². The van der Waals surface area contributed by atoms with Gasteiger partial charge in [-0.15, -0.1) is 0 Å². The van der Waals surface area contributed by atoms with Crippen LogP contribution in [0.2, 0.25) is 0 Å². The average Bonchev–Trinajstić information content (AvgIpc) is 2.55. The highest BCUT2D eigenvalue weighted by Crippen LogP contribution is 2.18. The first-order valence-electron chi connectivity index (χ1n) is 6.66. The van der Waals surface area contributed by atoms with Crippen molar-refractivity contribution in [2.24, 2.45) is 0 Å². The zero-order chi connectivity index (χ0) is 15.5. The van der Waals surface area contributed by atoms with Crippen molar-refractivity contribution in [3.8, 4) is 0 Å². The molecule has 3 rings (SSSR count). The van der Waals surface area contributed by atoms with Gasteiger partial charge >= 0.3 is 0 Å². The largest absolute Gasteiger partial charge is 0.289 e. The molecule has 0 amide bonds. The number of rotatable bonds is 3. The quantitative estimate of drug-likeness (QED) is 0.529. The maximum absolute atomic E-state index is 13.2. The summed E-state index contributed by atoms with van der Waals surface area (Å²) in [5.41, 5.74) is 1.76. The molecule has 3 aromatic rings. The normalized spacial score (nSPS) is 11.2. The minimum Gasteiger partial charge on any atom is -0.289 e. The Morgan fingerprint density at radius 2 is 1.82 bits per heavy atom. The standard InChI is InChI=1S/C18H11F2NO/c19-15-7-5-13(11-16(15)20)18(22)8-6-12-9-10-21-17-4-2-1-3-14(12)17/h1-11H. The van der Waals surface area contributed by atoms with Crippen molar-refractivity contribution in [2.75, 3.05) is 0 Å². The Hall–Kier alpha value is -2.88. The third-order valence-corrected chi connectivity index (χ3v) is 3.30. The fraction of sp³-hybridized carbons (Fsp3) is 0. The lowest BCUT2D eigenvalue weighted by atomic mass is 10.1. The van der Waals surface area contributed by atoms with E-state index in [-0.39, 0.29) is 11.3 Å². The van der Waals surface area contributed by atoms with Gasteiger partial charge in [-0.05, 0) is 42.0 Å². The first-order valence-corrected chi connectivity index (χ1v) is 6.66. The van der Waals surface area contributed by atoms with Crippen molar-refractivity contribution in [1.29, 1.82) is 0 Å². The fourth-order valence-electron chi connectivity index (χ4n) is 2.17. The molecular formula is C18H11F2NO. The second kappa shape index (κ2) is 5.85. The van der Waals surface area contributed by atoms with Gasteiger partial charge in [-0.25, -0.2) is 8.78 Å². The molecule has 4 heteroatoms. The Kier molecular flexibility index (Phi) is 3.74. The Bertz CT molecular complexity index is 882. The van der Waals surface area contributed by atoms with E-state index >= 15 is 0 Å². The number of fused-ring (bicyclic) bond motifs is 1. The van der Waals surface area contributed by atoms with E-state index in [2.05, 4.69) is 4.98 Å². The first-order chi connectivity index (χ1) is 10.6. The molecule has 1 aromatic heterocycles. The van der Waals surface area contributed by atoms with E-state index < -0.39 is 11.6 Å². The molecule has 2 aromatic carbocycles. The first kappa shape index (κ1) is 14.1. The SMILES string of the molecule is O=C(C=Cc1ccnc2ccccc12)c1ccc(F)c(F)c1. The van der Waals surface area contributed by atoms with Crippen LogP contribution < -0.4 is 0 Å². The number of ketones is 1. The van der Waals surface area contributed by atoms with Crippen LogP contribution in [-0.4, -0.2) is 10.8 Å². The predicted octanol–water partition coefficient (Wildman–Crippen LogP) is 4.41. The molecular weight excluding hydrogens is 284 g/mol. The predicted molar refractivity (Wildman–Crippen MR) is 81.5 cm³/mol. The molecule has 0 N–H and O–H groups in total. The Balaban J connectivity index is 1.92. The van der Waals surface area contributed by atoms with E-state index in [0.29, 0.717) is 0 Å². The summed E-state index contributed by atoms with van der Waals surface area (Å²) in [6, 6.07) is 12.4. The molecule has 0 aliphatic rings. The summed E-state index contributed by atoms with van der Waals surface area (Å²) in [7, 11) is 0. The highest BCUT2D eigenvalue weighted by molar-refractivity contribution is 6.07. The van der Waals surface area contributed by atoms with Gasteiger partial charge in [0, 0.05) is 17.1 Å². The molecule has 0 radical (unpaired) electrons. The third kappa shape index (κ3) is 2.76. The number of aromatic nitrogens is 1. The molecule has 0 atom stereocenters. The molecule has 2 nitrogen and oxygen atoms in total. The lowest BCUT2D eigenvalue weighted by Crippen LogP contribution is -1.96. The zero-order valence-electron chi connectivity index (χ0n) is 11.5. The number of pyridine rings is 1. The maximum atomic E-state index is 13.2. The van der Waals surface area contributed by atoms with Crippen molar-refractivity contribution in [3.05, 3.63) is 83.6 Å². The van der Waals surface area contributed by atoms with Gasteiger partial charge in [-0.2, -0.15) is 0 Å². The molecule has 1 heterocycles. The average molecular weight is 295 g/mol. The summed E-state index contributed by atoms with van der Waals surface area (Å²) >= 11 is 0. The number of carbonyl (C=O) groups is 1. The van der Waals surface area contributed by atoms with Crippen LogP contribution in [0.1, 0.15) is 15.9 Å². The van der Waals surface area contributed by atoms with Gasteiger partial charge < -0.3 is 0 Å². The lowest BCUT2D eigenvalue weighted by molar-refractivity contribution is 0.104. The number of benzene rings is 2. The van der Waals surface area contributed by atoms with Crippen molar-refractivity contribution >= 4 is 22.8 Å². The van der Waals surface area contributed by atoms with E-state index in [9.17, 15) is 13.6 Å². The van der Waals surface area contributed by atoms with Gasteiger partial charge in [-0.1, -0.05) is 24.3 Å².